The fraction of sp³-hybridized carbons (Fsp3) is 0.242. The first-order chi connectivity index (χ1) is 36.5. The minimum atomic E-state index is -5.84. The number of terminal acetylenes is 1. The van der Waals surface area contributed by atoms with Crippen LogP contribution in [0.25, 0.3) is 105 Å². The summed E-state index contributed by atoms with van der Waals surface area (Å²) in [5.74, 6) is 12.5. The van der Waals surface area contributed by atoms with Gasteiger partial charge in [0.05, 0.1) is 0 Å². The molecule has 0 spiro atoms. The molecule has 0 aliphatic heterocycles. The summed E-state index contributed by atoms with van der Waals surface area (Å²) < 4.78 is 73.0. The first-order valence-electron chi connectivity index (χ1n) is 25.2. The number of hydrogen-bond donors (Lipinski definition) is 0. The number of unbranched alkanes of at least 4 members (excludes halogenated alkanes) is 1. The largest absolute Gasteiger partial charge is 0.534 e. The van der Waals surface area contributed by atoms with E-state index >= 15 is 0 Å². The monoisotopic (exact) mass is 1150 g/mol. The van der Waals surface area contributed by atoms with Gasteiger partial charge in [-0.05, 0) is 180 Å². The lowest BCUT2D eigenvalue weighted by molar-refractivity contribution is -0.0499. The molecule has 0 radical (unpaired) electrons. The Balaban J connectivity index is 0.000000194. The van der Waals surface area contributed by atoms with E-state index in [1.165, 1.54) is 94.3 Å². The van der Waals surface area contributed by atoms with Crippen molar-refractivity contribution in [2.24, 2.45) is 0 Å². The molecule has 12 aromatic rings. The number of thiophene rings is 4. The number of benzene rings is 8. The van der Waals surface area contributed by atoms with Gasteiger partial charge >= 0.3 is 15.6 Å². The quantitative estimate of drug-likeness (QED) is 0.0525. The van der Waals surface area contributed by atoms with Crippen LogP contribution < -0.4 is 4.18 Å². The number of fused-ring (bicyclic) bond motifs is 18. The average Bonchev–Trinajstić information content (AvgIpc) is 4.23. The number of halogens is 3. The molecule has 0 aliphatic carbocycles. The number of rotatable bonds is 7. The Morgan fingerprint density at radius 2 is 0.949 bits per heavy atom. The Hall–Kier alpha value is -6.40. The van der Waals surface area contributed by atoms with Gasteiger partial charge in [0.2, 0.25) is 0 Å². The summed E-state index contributed by atoms with van der Waals surface area (Å²) in [5.41, 5.74) is 3.13. The van der Waals surface area contributed by atoms with Crippen molar-refractivity contribution in [3.63, 3.8) is 0 Å². The molecular weight excluding hydrogens is 1090 g/mol. The summed E-state index contributed by atoms with van der Waals surface area (Å²) in [5, 5.41) is 24.5. The summed E-state index contributed by atoms with van der Waals surface area (Å²) in [6.45, 7) is 17.6. The van der Waals surface area contributed by atoms with E-state index in [0.717, 1.165) is 42.1 Å². The normalized spacial score (nSPS) is 11.8. The SMILES string of the molecule is C.C.C#CC.CC#Cc1cc2c(cc(C#C[Si](CCCC)(C(C)C)C(C)C)c3c4ccsc4ccc23)c2ccc3sccc3c12.Cc1cc2c(cc(OS(=O)(=O)C(F)(F)F)c3c4ccsc4ccc23)c2ccc3sccc3c12. The van der Waals surface area contributed by atoms with Crippen molar-refractivity contribution in [1.82, 2.24) is 0 Å². The van der Waals surface area contributed by atoms with Crippen molar-refractivity contribution in [2.75, 3.05) is 0 Å². The van der Waals surface area contributed by atoms with Gasteiger partial charge in [-0.15, -0.1) is 69.2 Å². The predicted octanol–water partition coefficient (Wildman–Crippen LogP) is 21.9. The second-order valence-electron chi connectivity index (χ2n) is 19.7. The zero-order valence-electron chi connectivity index (χ0n) is 43.3. The molecule has 0 N–H and O–H groups in total. The van der Waals surface area contributed by atoms with Gasteiger partial charge in [0.25, 0.3) is 0 Å². The van der Waals surface area contributed by atoms with E-state index in [9.17, 15) is 21.6 Å². The van der Waals surface area contributed by atoms with Crippen LogP contribution in [0.2, 0.25) is 17.1 Å². The van der Waals surface area contributed by atoms with Crippen molar-refractivity contribution in [3.8, 4) is 41.4 Å². The van der Waals surface area contributed by atoms with Gasteiger partial charge in [-0.2, -0.15) is 21.6 Å². The van der Waals surface area contributed by atoms with Gasteiger partial charge in [-0.3, -0.25) is 0 Å². The van der Waals surface area contributed by atoms with E-state index in [0.29, 0.717) is 32.6 Å². The average molecular weight is 1150 g/mol. The molecule has 0 atom stereocenters. The fourth-order valence-corrected chi connectivity index (χ4v) is 19.4. The van der Waals surface area contributed by atoms with Gasteiger partial charge in [0, 0.05) is 67.6 Å². The molecule has 0 saturated carbocycles. The molecule has 12 heteroatoms. The third kappa shape index (κ3) is 9.93. The van der Waals surface area contributed by atoms with Crippen LogP contribution in [-0.4, -0.2) is 22.0 Å². The second kappa shape index (κ2) is 22.8. The molecule has 0 amide bonds. The van der Waals surface area contributed by atoms with Gasteiger partial charge in [0.1, 0.15) is 8.07 Å². The van der Waals surface area contributed by atoms with Crippen molar-refractivity contribution in [3.05, 3.63) is 135 Å². The molecule has 8 aromatic carbocycles. The third-order valence-electron chi connectivity index (χ3n) is 14.9. The molecule has 3 nitrogen and oxygen atoms in total. The zero-order chi connectivity index (χ0) is 53.8. The van der Waals surface area contributed by atoms with Gasteiger partial charge in [-0.25, -0.2) is 0 Å². The minimum absolute atomic E-state index is 0. The Bertz CT molecular complexity index is 4570. The molecule has 0 bridgehead atoms. The van der Waals surface area contributed by atoms with Gasteiger partial charge < -0.3 is 4.18 Å². The maximum Gasteiger partial charge on any atom is 0.534 e. The van der Waals surface area contributed by atoms with Crippen LogP contribution in [0, 0.1) is 42.6 Å². The minimum Gasteiger partial charge on any atom is -0.375 e. The predicted molar refractivity (Wildman–Crippen MR) is 343 cm³/mol. The second-order valence-corrected chi connectivity index (χ2v) is 30.2. The van der Waals surface area contributed by atoms with Crippen LogP contribution in [0.1, 0.15) is 92.9 Å². The molecule has 12 rings (SSSR count). The Morgan fingerprint density at radius 3 is 1.37 bits per heavy atom. The molecule has 78 heavy (non-hydrogen) atoms. The van der Waals surface area contributed by atoms with Crippen LogP contribution in [0.3, 0.4) is 0 Å². The Kier molecular flexibility index (Phi) is 16.8. The highest BCUT2D eigenvalue weighted by Gasteiger charge is 2.49. The van der Waals surface area contributed by atoms with E-state index in [4.69, 9.17) is 4.18 Å². The summed E-state index contributed by atoms with van der Waals surface area (Å²) in [7, 11) is -7.68. The third-order valence-corrected chi connectivity index (χ3v) is 25.2. The molecular formula is C66H61F3O3S5Si. The van der Waals surface area contributed by atoms with E-state index in [2.05, 4.69) is 130 Å². The van der Waals surface area contributed by atoms with Crippen molar-refractivity contribution >= 4 is 169 Å². The maximum atomic E-state index is 13.2. The van der Waals surface area contributed by atoms with Crippen molar-refractivity contribution in [2.45, 2.75) is 106 Å². The van der Waals surface area contributed by atoms with Crippen LogP contribution >= 0.6 is 45.3 Å². The van der Waals surface area contributed by atoms with E-state index in [1.807, 2.05) is 72.3 Å². The maximum absolute atomic E-state index is 13.2. The Labute approximate surface area is 473 Å². The smallest absolute Gasteiger partial charge is 0.375 e. The summed E-state index contributed by atoms with van der Waals surface area (Å²) in [6.07, 6.45) is 7.10. The standard InChI is InChI=1S/C37H36S2Si.C24H13F3O3S3.C3H4.2CH4/c1-7-9-20-40(24(3)4,25(5)6)21-17-27-23-33-28-11-13-34-30(15-18-38-34)36(28)26(10-8-2)22-32(33)29-12-14-35-31(37(27)29)16-19-39-35;1-12-10-17-14-3-5-21-16(7-9-32-21)23(14)19(30-33(28,29)24(25,26)27)11-18(17)13-2-4-20-15(22(12)13)6-8-31-20;1-3-2;;/h11-16,18-19,22-25H,7,9,20H2,1-6H3;2-11H,1H3;1H,2H3;2*1H4. The molecule has 0 fully saturated rings. The van der Waals surface area contributed by atoms with Crippen LogP contribution in [-0.2, 0) is 10.1 Å². The van der Waals surface area contributed by atoms with Crippen LogP contribution in [0.15, 0.2) is 119 Å². The Morgan fingerprint density at radius 1 is 0.564 bits per heavy atom. The summed E-state index contributed by atoms with van der Waals surface area (Å²) >= 11 is 6.65. The van der Waals surface area contributed by atoms with E-state index in [-0.39, 0.29) is 20.6 Å². The van der Waals surface area contributed by atoms with Crippen LogP contribution in [0.4, 0.5) is 13.2 Å². The number of aryl methyl sites for hydroxylation is 1. The van der Waals surface area contributed by atoms with Crippen molar-refractivity contribution < 1.29 is 25.8 Å². The number of hydrogen-bond acceptors (Lipinski definition) is 7. The molecule has 0 unspecified atom stereocenters. The molecule has 0 aliphatic rings. The first-order valence-corrected chi connectivity index (χ1v) is 32.4. The lowest BCUT2D eigenvalue weighted by Gasteiger charge is -2.34. The lowest BCUT2D eigenvalue weighted by Crippen LogP contribution is -2.40. The highest BCUT2D eigenvalue weighted by molar-refractivity contribution is 7.88. The summed E-state index contributed by atoms with van der Waals surface area (Å²) in [4.78, 5) is 0. The molecule has 0 saturated heterocycles. The molecule has 398 valence electrons. The fourth-order valence-electron chi connectivity index (χ4n) is 11.3. The molecule has 4 heterocycles. The van der Waals surface area contributed by atoms with Gasteiger partial charge in [-0.1, -0.05) is 104 Å². The highest BCUT2D eigenvalue weighted by Crippen LogP contribution is 2.47. The highest BCUT2D eigenvalue weighted by atomic mass is 32.2. The van der Waals surface area contributed by atoms with Gasteiger partial charge in [0.15, 0.2) is 5.75 Å². The first kappa shape index (κ1) is 57.8. The summed E-state index contributed by atoms with van der Waals surface area (Å²) in [6, 6.07) is 34.6. The number of alkyl halides is 3. The molecule has 4 aromatic heterocycles. The van der Waals surface area contributed by atoms with E-state index < -0.39 is 23.7 Å². The zero-order valence-corrected chi connectivity index (χ0v) is 48.4. The topological polar surface area (TPSA) is 43.4 Å². The van der Waals surface area contributed by atoms with Crippen LogP contribution in [0.5, 0.6) is 5.75 Å². The lowest BCUT2D eigenvalue weighted by atomic mass is 9.89. The van der Waals surface area contributed by atoms with Crippen molar-refractivity contribution in [1.29, 1.82) is 0 Å². The van der Waals surface area contributed by atoms with E-state index in [1.54, 1.807) is 35.7 Å².